The number of aryl methyl sites for hydroxylation is 2. The Balaban J connectivity index is 2.04. The molecule has 0 spiro atoms. The van der Waals surface area contributed by atoms with Crippen LogP contribution in [0, 0.1) is 5.41 Å². The van der Waals surface area contributed by atoms with E-state index in [1.165, 1.54) is 11.3 Å². The molecule has 2 aliphatic rings. The minimum atomic E-state index is 0.114. The number of amidine groups is 1. The lowest BCUT2D eigenvalue weighted by Gasteiger charge is -2.37. The van der Waals surface area contributed by atoms with Crippen molar-refractivity contribution in [2.24, 2.45) is 5.73 Å². The van der Waals surface area contributed by atoms with Gasteiger partial charge in [0.2, 0.25) is 0 Å². The van der Waals surface area contributed by atoms with Gasteiger partial charge in [0, 0.05) is 12.2 Å². The zero-order chi connectivity index (χ0) is 14.1. The summed E-state index contributed by atoms with van der Waals surface area (Å²) in [6, 6.07) is 2.41. The Morgan fingerprint density at radius 3 is 3.15 bits per heavy atom. The molecule has 5 nitrogen and oxygen atoms in total. The Labute approximate surface area is 119 Å². The second-order valence-corrected chi connectivity index (χ2v) is 5.56. The predicted molar refractivity (Wildman–Crippen MR) is 79.5 cm³/mol. The van der Waals surface area contributed by atoms with Crippen molar-refractivity contribution in [1.29, 1.82) is 5.41 Å². The van der Waals surface area contributed by atoms with Crippen LogP contribution in [0.25, 0.3) is 0 Å². The quantitative estimate of drug-likeness (QED) is 0.646. The Morgan fingerprint density at radius 1 is 1.55 bits per heavy atom. The zero-order valence-electron chi connectivity index (χ0n) is 12.0. The van der Waals surface area contributed by atoms with Crippen LogP contribution in [0.5, 0.6) is 0 Å². The maximum Gasteiger partial charge on any atom is 0.140 e. The molecule has 1 saturated heterocycles. The van der Waals surface area contributed by atoms with Gasteiger partial charge < -0.3 is 15.4 Å². The second kappa shape index (κ2) is 5.40. The van der Waals surface area contributed by atoms with Crippen molar-refractivity contribution >= 4 is 11.7 Å². The molecule has 0 aromatic carbocycles. The van der Waals surface area contributed by atoms with Crippen LogP contribution in [0.15, 0.2) is 6.07 Å². The van der Waals surface area contributed by atoms with Crippen molar-refractivity contribution in [3.05, 3.63) is 22.9 Å². The number of hydrogen-bond donors (Lipinski definition) is 2. The van der Waals surface area contributed by atoms with Gasteiger partial charge >= 0.3 is 0 Å². The third-order valence-corrected chi connectivity index (χ3v) is 4.29. The molecule has 1 aliphatic heterocycles. The molecule has 5 heteroatoms. The number of nitrogen functional groups attached to an aromatic ring is 1. The molecule has 1 unspecified atom stereocenters. The molecule has 1 aliphatic carbocycles. The maximum atomic E-state index is 7.86. The first-order valence-electron chi connectivity index (χ1n) is 7.42. The third kappa shape index (κ3) is 2.26. The number of nitrogens with two attached hydrogens (primary N) is 1. The molecular weight excluding hydrogens is 252 g/mol. The van der Waals surface area contributed by atoms with Crippen LogP contribution in [0.1, 0.15) is 36.6 Å². The predicted octanol–water partition coefficient (Wildman–Crippen LogP) is 1.47. The van der Waals surface area contributed by atoms with Crippen LogP contribution in [0.2, 0.25) is 0 Å². The van der Waals surface area contributed by atoms with E-state index in [-0.39, 0.29) is 5.84 Å². The average molecular weight is 274 g/mol. The summed E-state index contributed by atoms with van der Waals surface area (Å²) in [5.74, 6) is 0.997. The van der Waals surface area contributed by atoms with Crippen LogP contribution in [0.3, 0.4) is 0 Å². The summed E-state index contributed by atoms with van der Waals surface area (Å²) in [5, 5.41) is 7.86. The number of aromatic nitrogens is 1. The summed E-state index contributed by atoms with van der Waals surface area (Å²) in [6.45, 7) is 4.43. The fourth-order valence-corrected chi connectivity index (χ4v) is 3.15. The van der Waals surface area contributed by atoms with E-state index < -0.39 is 0 Å². The van der Waals surface area contributed by atoms with Crippen molar-refractivity contribution in [3.63, 3.8) is 0 Å². The summed E-state index contributed by atoms with van der Waals surface area (Å²) in [4.78, 5) is 7.12. The number of anilines is 1. The first kappa shape index (κ1) is 13.4. The van der Waals surface area contributed by atoms with Crippen molar-refractivity contribution < 1.29 is 4.74 Å². The highest BCUT2D eigenvalue weighted by Gasteiger charge is 2.27. The summed E-state index contributed by atoms with van der Waals surface area (Å²) in [5.41, 5.74) is 9.02. The van der Waals surface area contributed by atoms with Gasteiger partial charge in [0.15, 0.2) is 0 Å². The molecule has 20 heavy (non-hydrogen) atoms. The molecule has 0 bridgehead atoms. The van der Waals surface area contributed by atoms with Crippen LogP contribution < -0.4 is 10.6 Å². The second-order valence-electron chi connectivity index (χ2n) is 5.56. The standard InChI is InChI=1S/C15H22N4O/c1-2-11-9-20-7-6-19(11)15-12(14(16)17)8-10-4-3-5-13(10)18-15/h8,11H,2-7,9H2,1H3,(H3,16,17). The van der Waals surface area contributed by atoms with Crippen LogP contribution in [-0.4, -0.2) is 36.6 Å². The lowest BCUT2D eigenvalue weighted by atomic mass is 10.1. The molecule has 1 atom stereocenters. The van der Waals surface area contributed by atoms with E-state index in [0.717, 1.165) is 50.2 Å². The van der Waals surface area contributed by atoms with Crippen molar-refractivity contribution in [1.82, 2.24) is 4.98 Å². The lowest BCUT2D eigenvalue weighted by Crippen LogP contribution is -2.46. The molecule has 3 N–H and O–H groups in total. The highest BCUT2D eigenvalue weighted by Crippen LogP contribution is 2.29. The molecule has 1 fully saturated rings. The lowest BCUT2D eigenvalue weighted by molar-refractivity contribution is 0.0925. The molecule has 2 heterocycles. The van der Waals surface area contributed by atoms with Crippen LogP contribution >= 0.6 is 0 Å². The van der Waals surface area contributed by atoms with E-state index in [1.54, 1.807) is 0 Å². The molecular formula is C15H22N4O. The summed E-state index contributed by atoms with van der Waals surface area (Å²) < 4.78 is 5.56. The maximum absolute atomic E-state index is 7.86. The average Bonchev–Trinajstić information content (AvgIpc) is 2.93. The van der Waals surface area contributed by atoms with E-state index in [4.69, 9.17) is 20.9 Å². The van der Waals surface area contributed by atoms with Gasteiger partial charge in [-0.1, -0.05) is 6.92 Å². The monoisotopic (exact) mass is 274 g/mol. The molecule has 1 aromatic rings. The number of ether oxygens (including phenoxy) is 1. The van der Waals surface area contributed by atoms with Crippen LogP contribution in [0.4, 0.5) is 5.82 Å². The summed E-state index contributed by atoms with van der Waals surface area (Å²) >= 11 is 0. The van der Waals surface area contributed by atoms with Gasteiger partial charge in [-0.15, -0.1) is 0 Å². The number of fused-ring (bicyclic) bond motifs is 1. The largest absolute Gasteiger partial charge is 0.384 e. The third-order valence-electron chi connectivity index (χ3n) is 4.29. The summed E-state index contributed by atoms with van der Waals surface area (Å²) in [6.07, 6.45) is 4.27. The first-order chi connectivity index (χ1) is 9.70. The Hall–Kier alpha value is -1.62. The van der Waals surface area contributed by atoms with Gasteiger partial charge in [-0.25, -0.2) is 4.98 Å². The molecule has 0 amide bonds. The van der Waals surface area contributed by atoms with Gasteiger partial charge in [-0.05, 0) is 37.3 Å². The zero-order valence-corrected chi connectivity index (χ0v) is 12.0. The van der Waals surface area contributed by atoms with Gasteiger partial charge in [0.05, 0.1) is 24.8 Å². The van der Waals surface area contributed by atoms with Crippen LogP contribution in [-0.2, 0) is 17.6 Å². The number of pyridine rings is 1. The number of rotatable bonds is 3. The number of nitrogens with zero attached hydrogens (tertiary/aromatic N) is 2. The van der Waals surface area contributed by atoms with Crippen molar-refractivity contribution in [2.45, 2.75) is 38.6 Å². The highest BCUT2D eigenvalue weighted by atomic mass is 16.5. The summed E-state index contributed by atoms with van der Waals surface area (Å²) in [7, 11) is 0. The molecule has 0 radical (unpaired) electrons. The Kier molecular flexibility index (Phi) is 3.61. The number of hydrogen-bond acceptors (Lipinski definition) is 4. The first-order valence-corrected chi connectivity index (χ1v) is 7.42. The van der Waals surface area contributed by atoms with Gasteiger partial charge in [-0.3, -0.25) is 5.41 Å². The number of morpholine rings is 1. The molecule has 3 rings (SSSR count). The van der Waals surface area contributed by atoms with Crippen molar-refractivity contribution in [3.8, 4) is 0 Å². The minimum absolute atomic E-state index is 0.114. The highest BCUT2D eigenvalue weighted by molar-refractivity contribution is 6.00. The smallest absolute Gasteiger partial charge is 0.140 e. The Bertz CT molecular complexity index is 529. The molecule has 0 saturated carbocycles. The van der Waals surface area contributed by atoms with E-state index in [1.807, 2.05) is 0 Å². The van der Waals surface area contributed by atoms with Gasteiger partial charge in [0.25, 0.3) is 0 Å². The molecule has 108 valence electrons. The van der Waals surface area contributed by atoms with E-state index >= 15 is 0 Å². The number of nitrogens with one attached hydrogen (secondary N) is 1. The van der Waals surface area contributed by atoms with Gasteiger partial charge in [0.1, 0.15) is 11.7 Å². The molecule has 1 aromatic heterocycles. The van der Waals surface area contributed by atoms with E-state index in [2.05, 4.69) is 17.9 Å². The fraction of sp³-hybridized carbons (Fsp3) is 0.600. The SMILES string of the molecule is CCC1COCCN1c1nc2c(cc1C(=N)N)CCC2. The van der Waals surface area contributed by atoms with Crippen molar-refractivity contribution in [2.75, 3.05) is 24.7 Å². The van der Waals surface area contributed by atoms with Gasteiger partial charge in [-0.2, -0.15) is 0 Å². The minimum Gasteiger partial charge on any atom is -0.384 e. The topological polar surface area (TPSA) is 75.2 Å². The van der Waals surface area contributed by atoms with E-state index in [0.29, 0.717) is 12.6 Å². The Morgan fingerprint density at radius 2 is 2.40 bits per heavy atom. The normalized spacial score (nSPS) is 21.9. The van der Waals surface area contributed by atoms with E-state index in [9.17, 15) is 0 Å². The fourth-order valence-electron chi connectivity index (χ4n) is 3.15.